The van der Waals surface area contributed by atoms with Crippen molar-refractivity contribution in [3.05, 3.63) is 0 Å². The van der Waals surface area contributed by atoms with Crippen molar-refractivity contribution in [3.8, 4) is 0 Å². The molecule has 0 radical (unpaired) electrons. The van der Waals surface area contributed by atoms with Gasteiger partial charge < -0.3 is 14.5 Å². The standard InChI is InChI=1S/C14H22N2O4/c1-3-20-14(19)10-5-4-8-16(9-10)13(18)11-6-7-12(17)15(11)2/h10-11H,3-9H2,1-2H3. The molecule has 0 aromatic carbocycles. The van der Waals surface area contributed by atoms with Crippen LogP contribution in [0.15, 0.2) is 0 Å². The van der Waals surface area contributed by atoms with Crippen LogP contribution in [-0.2, 0) is 19.1 Å². The summed E-state index contributed by atoms with van der Waals surface area (Å²) in [5, 5.41) is 0. The number of likely N-dealkylation sites (N-methyl/N-ethyl adjacent to an activating group) is 1. The number of rotatable bonds is 3. The number of hydrogen-bond acceptors (Lipinski definition) is 4. The first-order valence-electron chi connectivity index (χ1n) is 7.25. The highest BCUT2D eigenvalue weighted by Crippen LogP contribution is 2.23. The van der Waals surface area contributed by atoms with E-state index in [0.29, 0.717) is 32.5 Å². The maximum absolute atomic E-state index is 12.5. The lowest BCUT2D eigenvalue weighted by Crippen LogP contribution is -2.50. The van der Waals surface area contributed by atoms with Crippen molar-refractivity contribution in [1.82, 2.24) is 9.80 Å². The lowest BCUT2D eigenvalue weighted by atomic mass is 9.97. The van der Waals surface area contributed by atoms with E-state index in [0.717, 1.165) is 12.8 Å². The Hall–Kier alpha value is -1.59. The van der Waals surface area contributed by atoms with Gasteiger partial charge in [-0.3, -0.25) is 14.4 Å². The Bertz CT molecular complexity index is 410. The van der Waals surface area contributed by atoms with E-state index in [1.54, 1.807) is 18.9 Å². The fraction of sp³-hybridized carbons (Fsp3) is 0.786. The van der Waals surface area contributed by atoms with Crippen LogP contribution in [0.5, 0.6) is 0 Å². The summed E-state index contributed by atoms with van der Waals surface area (Å²) in [7, 11) is 1.67. The van der Waals surface area contributed by atoms with Crippen molar-refractivity contribution >= 4 is 17.8 Å². The Morgan fingerprint density at radius 1 is 1.35 bits per heavy atom. The van der Waals surface area contributed by atoms with Crippen LogP contribution in [0.4, 0.5) is 0 Å². The summed E-state index contributed by atoms with van der Waals surface area (Å²) < 4.78 is 5.03. The topological polar surface area (TPSA) is 66.9 Å². The van der Waals surface area contributed by atoms with Gasteiger partial charge in [-0.15, -0.1) is 0 Å². The highest BCUT2D eigenvalue weighted by Gasteiger charge is 2.38. The van der Waals surface area contributed by atoms with Gasteiger partial charge in [-0.1, -0.05) is 0 Å². The molecule has 0 spiro atoms. The third-order valence-electron chi connectivity index (χ3n) is 4.13. The lowest BCUT2D eigenvalue weighted by molar-refractivity contribution is -0.152. The summed E-state index contributed by atoms with van der Waals surface area (Å²) in [6.07, 6.45) is 2.58. The maximum Gasteiger partial charge on any atom is 0.310 e. The van der Waals surface area contributed by atoms with E-state index in [1.165, 1.54) is 4.90 Å². The van der Waals surface area contributed by atoms with E-state index in [9.17, 15) is 14.4 Å². The normalized spacial score (nSPS) is 26.8. The van der Waals surface area contributed by atoms with E-state index in [-0.39, 0.29) is 29.7 Å². The average Bonchev–Trinajstić information content (AvgIpc) is 2.79. The third-order valence-corrected chi connectivity index (χ3v) is 4.13. The molecule has 2 atom stereocenters. The minimum absolute atomic E-state index is 0.0160. The Kier molecular flexibility index (Phi) is 4.62. The molecular weight excluding hydrogens is 260 g/mol. The number of likely N-dealkylation sites (tertiary alicyclic amines) is 2. The smallest absolute Gasteiger partial charge is 0.310 e. The average molecular weight is 282 g/mol. The number of carbonyl (C=O) groups excluding carboxylic acids is 3. The van der Waals surface area contributed by atoms with Crippen LogP contribution in [0.25, 0.3) is 0 Å². The predicted molar refractivity (Wildman–Crippen MR) is 71.7 cm³/mol. The molecule has 2 rings (SSSR count). The molecule has 2 amide bonds. The molecule has 20 heavy (non-hydrogen) atoms. The highest BCUT2D eigenvalue weighted by atomic mass is 16.5. The molecule has 0 bridgehead atoms. The highest BCUT2D eigenvalue weighted by molar-refractivity contribution is 5.91. The fourth-order valence-corrected chi connectivity index (χ4v) is 2.93. The minimum atomic E-state index is -0.358. The van der Waals surface area contributed by atoms with Crippen LogP contribution < -0.4 is 0 Å². The fourth-order valence-electron chi connectivity index (χ4n) is 2.93. The molecule has 0 saturated carbocycles. The monoisotopic (exact) mass is 282 g/mol. The molecule has 0 aromatic heterocycles. The summed E-state index contributed by atoms with van der Waals surface area (Å²) in [6, 6.07) is -0.358. The van der Waals surface area contributed by atoms with Crippen LogP contribution in [0, 0.1) is 5.92 Å². The van der Waals surface area contributed by atoms with E-state index in [2.05, 4.69) is 0 Å². The van der Waals surface area contributed by atoms with Crippen molar-refractivity contribution in [1.29, 1.82) is 0 Å². The van der Waals surface area contributed by atoms with E-state index in [4.69, 9.17) is 4.74 Å². The zero-order chi connectivity index (χ0) is 14.7. The van der Waals surface area contributed by atoms with Gasteiger partial charge >= 0.3 is 5.97 Å². The molecule has 0 aromatic rings. The van der Waals surface area contributed by atoms with Crippen molar-refractivity contribution in [2.24, 2.45) is 5.92 Å². The number of piperidine rings is 1. The summed E-state index contributed by atoms with van der Waals surface area (Å²) in [6.45, 7) is 3.22. The van der Waals surface area contributed by atoms with E-state index >= 15 is 0 Å². The van der Waals surface area contributed by atoms with Crippen LogP contribution in [0.3, 0.4) is 0 Å². The van der Waals surface area contributed by atoms with Gasteiger partial charge in [-0.25, -0.2) is 0 Å². The number of carbonyl (C=O) groups is 3. The summed E-state index contributed by atoms with van der Waals surface area (Å²) in [4.78, 5) is 39.0. The quantitative estimate of drug-likeness (QED) is 0.703. The first-order valence-corrected chi connectivity index (χ1v) is 7.25. The molecule has 2 fully saturated rings. The van der Waals surface area contributed by atoms with E-state index in [1.807, 2.05) is 0 Å². The number of nitrogens with zero attached hydrogens (tertiary/aromatic N) is 2. The van der Waals surface area contributed by atoms with Crippen molar-refractivity contribution < 1.29 is 19.1 Å². The van der Waals surface area contributed by atoms with Crippen LogP contribution in [-0.4, -0.2) is 60.4 Å². The maximum atomic E-state index is 12.5. The molecule has 0 N–H and O–H groups in total. The Morgan fingerprint density at radius 2 is 2.10 bits per heavy atom. The molecule has 2 heterocycles. The lowest BCUT2D eigenvalue weighted by Gasteiger charge is -2.34. The summed E-state index contributed by atoms with van der Waals surface area (Å²) >= 11 is 0. The second-order valence-electron chi connectivity index (χ2n) is 5.43. The van der Waals surface area contributed by atoms with Crippen LogP contribution in [0.1, 0.15) is 32.6 Å². The Balaban J connectivity index is 1.96. The van der Waals surface area contributed by atoms with Gasteiger partial charge in [0.1, 0.15) is 6.04 Å². The molecule has 2 aliphatic heterocycles. The van der Waals surface area contributed by atoms with Gasteiger partial charge in [0.2, 0.25) is 11.8 Å². The first-order chi connectivity index (χ1) is 9.54. The molecule has 6 nitrogen and oxygen atoms in total. The second kappa shape index (κ2) is 6.24. The molecule has 2 saturated heterocycles. The molecular formula is C14H22N2O4. The molecule has 6 heteroatoms. The second-order valence-corrected chi connectivity index (χ2v) is 5.43. The zero-order valence-corrected chi connectivity index (χ0v) is 12.1. The van der Waals surface area contributed by atoms with Crippen molar-refractivity contribution in [2.45, 2.75) is 38.6 Å². The van der Waals surface area contributed by atoms with Crippen molar-refractivity contribution in [2.75, 3.05) is 26.7 Å². The predicted octanol–water partition coefficient (Wildman–Crippen LogP) is 0.409. The van der Waals surface area contributed by atoms with Crippen molar-refractivity contribution in [3.63, 3.8) is 0 Å². The third kappa shape index (κ3) is 2.94. The van der Waals surface area contributed by atoms with Gasteiger partial charge in [0, 0.05) is 26.6 Å². The first kappa shape index (κ1) is 14.8. The van der Waals surface area contributed by atoms with Crippen LogP contribution >= 0.6 is 0 Å². The number of ether oxygens (including phenoxy) is 1. The molecule has 112 valence electrons. The molecule has 0 aliphatic carbocycles. The van der Waals surface area contributed by atoms with Gasteiger partial charge in [0.05, 0.1) is 12.5 Å². The van der Waals surface area contributed by atoms with Gasteiger partial charge in [0.15, 0.2) is 0 Å². The van der Waals surface area contributed by atoms with Crippen LogP contribution in [0.2, 0.25) is 0 Å². The summed E-state index contributed by atoms with van der Waals surface area (Å²) in [5.41, 5.74) is 0. The minimum Gasteiger partial charge on any atom is -0.466 e. The molecule has 2 aliphatic rings. The zero-order valence-electron chi connectivity index (χ0n) is 12.1. The Labute approximate surface area is 119 Å². The SMILES string of the molecule is CCOC(=O)C1CCCN(C(=O)C2CCC(=O)N2C)C1. The summed E-state index contributed by atoms with van der Waals surface area (Å²) in [5.74, 6) is -0.467. The van der Waals surface area contributed by atoms with Gasteiger partial charge in [0.25, 0.3) is 0 Å². The molecule has 2 unspecified atom stereocenters. The van der Waals surface area contributed by atoms with E-state index < -0.39 is 0 Å². The number of hydrogen-bond donors (Lipinski definition) is 0. The van der Waals surface area contributed by atoms with Gasteiger partial charge in [-0.05, 0) is 26.2 Å². The Morgan fingerprint density at radius 3 is 2.70 bits per heavy atom. The number of amides is 2. The van der Waals surface area contributed by atoms with Gasteiger partial charge in [-0.2, -0.15) is 0 Å². The number of esters is 1. The largest absolute Gasteiger partial charge is 0.466 e.